The number of esters is 1. The van der Waals surface area contributed by atoms with Crippen molar-refractivity contribution in [3.05, 3.63) is 0 Å². The van der Waals surface area contributed by atoms with Gasteiger partial charge in [-0.2, -0.15) is 0 Å². The molecular weight excluding hydrogens is 166 g/mol. The molecule has 2 rings (SSSR count). The van der Waals surface area contributed by atoms with Crippen LogP contribution in [-0.2, 0) is 9.53 Å². The zero-order valence-corrected chi connectivity index (χ0v) is 7.19. The van der Waals surface area contributed by atoms with Crippen LogP contribution in [0.5, 0.6) is 0 Å². The van der Waals surface area contributed by atoms with Gasteiger partial charge in [0, 0.05) is 0 Å². The number of carbonyl (C=O) groups excluding carboxylic acids is 1. The van der Waals surface area contributed by atoms with E-state index in [1.54, 1.807) is 0 Å². The van der Waals surface area contributed by atoms with E-state index in [9.17, 15) is 4.79 Å². The molecule has 0 radical (unpaired) electrons. The molecule has 1 saturated heterocycles. The van der Waals surface area contributed by atoms with Crippen molar-refractivity contribution in [3.63, 3.8) is 0 Å². The fraction of sp³-hybridized carbons (Fsp3) is 0.857. The van der Waals surface area contributed by atoms with Crippen LogP contribution in [0.2, 0.25) is 0 Å². The van der Waals surface area contributed by atoms with Crippen LogP contribution < -0.4 is 5.32 Å². The summed E-state index contributed by atoms with van der Waals surface area (Å²) in [6, 6.07) is 0.00926. The van der Waals surface area contributed by atoms with Crippen molar-refractivity contribution in [2.24, 2.45) is 11.8 Å². The summed E-state index contributed by atoms with van der Waals surface area (Å²) in [6.07, 6.45) is 1.22. The van der Waals surface area contributed by atoms with Gasteiger partial charge < -0.3 is 10.1 Å². The van der Waals surface area contributed by atoms with Gasteiger partial charge in [0.1, 0.15) is 6.04 Å². The molecule has 3 atom stereocenters. The van der Waals surface area contributed by atoms with Crippen molar-refractivity contribution in [1.82, 2.24) is 5.32 Å². The van der Waals surface area contributed by atoms with E-state index in [0.29, 0.717) is 5.92 Å². The van der Waals surface area contributed by atoms with Crippen molar-refractivity contribution in [1.29, 1.82) is 0 Å². The molecule has 0 aromatic rings. The van der Waals surface area contributed by atoms with Gasteiger partial charge in [-0.15, -0.1) is 12.4 Å². The van der Waals surface area contributed by atoms with Crippen LogP contribution >= 0.6 is 12.4 Å². The lowest BCUT2D eigenvalue weighted by molar-refractivity contribution is -0.143. The molecular formula is C7H12ClNO2. The maximum absolute atomic E-state index is 11.0. The van der Waals surface area contributed by atoms with Gasteiger partial charge in [0.25, 0.3) is 0 Å². The molecule has 11 heavy (non-hydrogen) atoms. The Morgan fingerprint density at radius 2 is 2.36 bits per heavy atom. The Labute approximate surface area is 71.9 Å². The first kappa shape index (κ1) is 8.81. The smallest absolute Gasteiger partial charge is 0.323 e. The van der Waals surface area contributed by atoms with E-state index in [2.05, 4.69) is 10.1 Å². The predicted octanol–water partition coefficient (Wildman–Crippen LogP) is 0.189. The summed E-state index contributed by atoms with van der Waals surface area (Å²) in [5, 5.41) is 3.13. The molecule has 0 spiro atoms. The van der Waals surface area contributed by atoms with Gasteiger partial charge in [0.15, 0.2) is 0 Å². The summed E-state index contributed by atoms with van der Waals surface area (Å²) in [4.78, 5) is 11.0. The first-order valence-electron chi connectivity index (χ1n) is 3.64. The van der Waals surface area contributed by atoms with Gasteiger partial charge >= 0.3 is 5.97 Å². The van der Waals surface area contributed by atoms with Gasteiger partial charge in [-0.3, -0.25) is 4.79 Å². The maximum Gasteiger partial charge on any atom is 0.323 e. The van der Waals surface area contributed by atoms with Crippen LogP contribution in [0.3, 0.4) is 0 Å². The quantitative estimate of drug-likeness (QED) is 0.582. The Kier molecular flexibility index (Phi) is 2.40. The second-order valence-corrected chi connectivity index (χ2v) is 3.07. The molecule has 0 aromatic carbocycles. The number of methoxy groups -OCH3 is 1. The number of hydrogen-bond donors (Lipinski definition) is 1. The summed E-state index contributed by atoms with van der Waals surface area (Å²) in [6.45, 7) is 1.00. The van der Waals surface area contributed by atoms with Crippen molar-refractivity contribution < 1.29 is 9.53 Å². The van der Waals surface area contributed by atoms with Gasteiger partial charge in [-0.05, 0) is 24.8 Å². The summed E-state index contributed by atoms with van der Waals surface area (Å²) in [5.41, 5.74) is 0. The molecule has 2 aliphatic rings. The summed E-state index contributed by atoms with van der Waals surface area (Å²) >= 11 is 0. The summed E-state index contributed by atoms with van der Waals surface area (Å²) < 4.78 is 4.63. The molecule has 0 aromatic heterocycles. The second kappa shape index (κ2) is 2.99. The third-order valence-corrected chi connectivity index (χ3v) is 2.46. The summed E-state index contributed by atoms with van der Waals surface area (Å²) in [7, 11) is 1.44. The molecule has 1 saturated carbocycles. The third-order valence-electron chi connectivity index (χ3n) is 2.46. The predicted molar refractivity (Wildman–Crippen MR) is 42.7 cm³/mol. The minimum Gasteiger partial charge on any atom is -0.468 e. The van der Waals surface area contributed by atoms with Crippen molar-refractivity contribution >= 4 is 18.4 Å². The number of fused-ring (bicyclic) bond motifs is 1. The molecule has 64 valence electrons. The zero-order chi connectivity index (χ0) is 7.14. The van der Waals surface area contributed by atoms with Gasteiger partial charge in [0.2, 0.25) is 0 Å². The number of carbonyl (C=O) groups is 1. The fourth-order valence-corrected chi connectivity index (χ4v) is 1.73. The standard InChI is InChI=1S/C7H11NO2.ClH/c1-10-7(9)6-5-2-4(5)3-8-6;/h4-6,8H,2-3H2,1H3;1H/t4-,5-,6+;/m1./s1. The van der Waals surface area contributed by atoms with E-state index >= 15 is 0 Å². The minimum atomic E-state index is -0.0926. The van der Waals surface area contributed by atoms with Crippen LogP contribution in [0.1, 0.15) is 6.42 Å². The monoisotopic (exact) mass is 177 g/mol. The topological polar surface area (TPSA) is 38.3 Å². The number of ether oxygens (including phenoxy) is 1. The molecule has 1 N–H and O–H groups in total. The molecule has 0 bridgehead atoms. The maximum atomic E-state index is 11.0. The Balaban J connectivity index is 0.000000605. The van der Waals surface area contributed by atoms with Gasteiger partial charge in [0.05, 0.1) is 7.11 Å². The highest BCUT2D eigenvalue weighted by atomic mass is 35.5. The average Bonchev–Trinajstić information content (AvgIpc) is 2.62. The van der Waals surface area contributed by atoms with Crippen LogP contribution in [-0.4, -0.2) is 25.7 Å². The molecule has 0 unspecified atom stereocenters. The van der Waals surface area contributed by atoms with Crippen molar-refractivity contribution in [3.8, 4) is 0 Å². The van der Waals surface area contributed by atoms with Crippen molar-refractivity contribution in [2.75, 3.05) is 13.7 Å². The normalized spacial score (nSPS) is 38.8. The highest BCUT2D eigenvalue weighted by Gasteiger charge is 2.51. The lowest BCUT2D eigenvalue weighted by atomic mass is 10.2. The van der Waals surface area contributed by atoms with Gasteiger partial charge in [-0.25, -0.2) is 0 Å². The third kappa shape index (κ3) is 1.35. The van der Waals surface area contributed by atoms with Crippen LogP contribution in [0, 0.1) is 11.8 Å². The Morgan fingerprint density at radius 1 is 1.64 bits per heavy atom. The average molecular weight is 178 g/mol. The number of nitrogens with one attached hydrogen (secondary N) is 1. The highest BCUT2D eigenvalue weighted by Crippen LogP contribution is 2.45. The van der Waals surface area contributed by atoms with E-state index in [0.717, 1.165) is 12.5 Å². The lowest BCUT2D eigenvalue weighted by Crippen LogP contribution is -2.35. The molecule has 0 amide bonds. The molecule has 3 nitrogen and oxygen atoms in total. The number of halogens is 1. The Morgan fingerprint density at radius 3 is 2.73 bits per heavy atom. The largest absolute Gasteiger partial charge is 0.468 e. The van der Waals surface area contributed by atoms with Crippen LogP contribution in [0.25, 0.3) is 0 Å². The number of rotatable bonds is 1. The second-order valence-electron chi connectivity index (χ2n) is 3.07. The Bertz CT molecular complexity index is 174. The number of piperidine rings is 1. The minimum absolute atomic E-state index is 0. The van der Waals surface area contributed by atoms with Crippen molar-refractivity contribution in [2.45, 2.75) is 12.5 Å². The van der Waals surface area contributed by atoms with E-state index in [1.807, 2.05) is 0 Å². The fourth-order valence-electron chi connectivity index (χ4n) is 1.73. The SMILES string of the molecule is COC(=O)[C@H]1NC[C@H]2C[C@H]21.Cl. The summed E-state index contributed by atoms with van der Waals surface area (Å²) in [5.74, 6) is 1.27. The Hall–Kier alpha value is -0.280. The highest BCUT2D eigenvalue weighted by molar-refractivity contribution is 5.85. The van der Waals surface area contributed by atoms with Gasteiger partial charge in [-0.1, -0.05) is 0 Å². The molecule has 4 heteroatoms. The van der Waals surface area contributed by atoms with E-state index in [1.165, 1.54) is 13.5 Å². The lowest BCUT2D eigenvalue weighted by Gasteiger charge is -2.08. The van der Waals surface area contributed by atoms with E-state index < -0.39 is 0 Å². The molecule has 1 aliphatic carbocycles. The van der Waals surface area contributed by atoms with Crippen LogP contribution in [0.4, 0.5) is 0 Å². The molecule has 2 fully saturated rings. The zero-order valence-electron chi connectivity index (χ0n) is 6.37. The first-order chi connectivity index (χ1) is 4.83. The van der Waals surface area contributed by atoms with E-state index in [-0.39, 0.29) is 24.4 Å². The van der Waals surface area contributed by atoms with Crippen LogP contribution in [0.15, 0.2) is 0 Å². The molecule has 1 aliphatic heterocycles. The first-order valence-corrected chi connectivity index (χ1v) is 3.64. The number of hydrogen-bond acceptors (Lipinski definition) is 3. The molecule has 1 heterocycles. The van der Waals surface area contributed by atoms with E-state index in [4.69, 9.17) is 0 Å².